The van der Waals surface area contributed by atoms with E-state index in [4.69, 9.17) is 9.84 Å². The molecule has 20 heavy (non-hydrogen) atoms. The highest BCUT2D eigenvalue weighted by Gasteiger charge is 2.08. The number of carboxylic acid groups (broad SMARTS) is 1. The van der Waals surface area contributed by atoms with E-state index in [1.54, 1.807) is 6.07 Å². The van der Waals surface area contributed by atoms with Crippen LogP contribution in [0.3, 0.4) is 0 Å². The van der Waals surface area contributed by atoms with Crippen LogP contribution in [0.1, 0.15) is 5.56 Å². The zero-order chi connectivity index (χ0) is 14.5. The fourth-order valence-electron chi connectivity index (χ4n) is 1.55. The molecule has 0 radical (unpaired) electrons. The minimum absolute atomic E-state index is 0.0240. The van der Waals surface area contributed by atoms with Crippen molar-refractivity contribution in [2.45, 2.75) is 0 Å². The molecule has 0 aliphatic heterocycles. The number of hydrogen-bond acceptors (Lipinski definition) is 2. The summed E-state index contributed by atoms with van der Waals surface area (Å²) < 4.78 is 32.0. The molecular formula is C15H10F2O3. The average molecular weight is 276 g/mol. The summed E-state index contributed by atoms with van der Waals surface area (Å²) in [5.41, 5.74) is 0.204. The zero-order valence-electron chi connectivity index (χ0n) is 10.2. The number of halogens is 2. The van der Waals surface area contributed by atoms with Crippen LogP contribution in [0.5, 0.6) is 11.5 Å². The molecule has 0 saturated carbocycles. The maximum absolute atomic E-state index is 13.5. The Balaban J connectivity index is 2.36. The van der Waals surface area contributed by atoms with E-state index in [-0.39, 0.29) is 17.1 Å². The number of benzene rings is 2. The Bertz CT molecular complexity index is 666. The lowest BCUT2D eigenvalue weighted by Gasteiger charge is -2.09. The van der Waals surface area contributed by atoms with Crippen molar-refractivity contribution in [1.82, 2.24) is 0 Å². The molecule has 1 N–H and O–H groups in total. The van der Waals surface area contributed by atoms with Gasteiger partial charge in [-0.15, -0.1) is 0 Å². The van der Waals surface area contributed by atoms with E-state index >= 15 is 0 Å². The van der Waals surface area contributed by atoms with Crippen molar-refractivity contribution in [2.75, 3.05) is 0 Å². The molecule has 3 nitrogen and oxygen atoms in total. The Kier molecular flexibility index (Phi) is 4.10. The standard InChI is InChI=1S/C15H10F2O3/c16-11-6-7-13(10(9-11)5-8-15(18)19)20-14-4-2-1-3-12(14)17/h1-9H,(H,18,19)/b8-5+. The van der Waals surface area contributed by atoms with Gasteiger partial charge in [-0.2, -0.15) is 0 Å². The summed E-state index contributed by atoms with van der Waals surface area (Å²) in [4.78, 5) is 10.5. The van der Waals surface area contributed by atoms with E-state index in [1.165, 1.54) is 30.3 Å². The predicted octanol–water partition coefficient (Wildman–Crippen LogP) is 3.85. The Labute approximate surface area is 113 Å². The van der Waals surface area contributed by atoms with Crippen molar-refractivity contribution < 1.29 is 23.4 Å². The second kappa shape index (κ2) is 5.97. The van der Waals surface area contributed by atoms with E-state index in [2.05, 4.69) is 0 Å². The SMILES string of the molecule is O=C(O)/C=C/c1cc(F)ccc1Oc1ccccc1F. The van der Waals surface area contributed by atoms with Crippen LogP contribution in [0, 0.1) is 11.6 Å². The topological polar surface area (TPSA) is 46.5 Å². The number of para-hydroxylation sites is 1. The fraction of sp³-hybridized carbons (Fsp3) is 0. The van der Waals surface area contributed by atoms with Gasteiger partial charge >= 0.3 is 5.97 Å². The number of rotatable bonds is 4. The molecule has 0 spiro atoms. The lowest BCUT2D eigenvalue weighted by Crippen LogP contribution is -1.92. The van der Waals surface area contributed by atoms with Gasteiger partial charge in [-0.05, 0) is 36.4 Å². The first kappa shape index (κ1) is 13.7. The van der Waals surface area contributed by atoms with Crippen molar-refractivity contribution in [3.63, 3.8) is 0 Å². The summed E-state index contributed by atoms with van der Waals surface area (Å²) >= 11 is 0. The molecule has 0 fully saturated rings. The van der Waals surface area contributed by atoms with Crippen molar-refractivity contribution in [3.05, 3.63) is 65.7 Å². The first-order valence-electron chi connectivity index (χ1n) is 5.69. The third kappa shape index (κ3) is 3.41. The molecule has 0 aromatic heterocycles. The third-order valence-electron chi connectivity index (χ3n) is 2.43. The third-order valence-corrected chi connectivity index (χ3v) is 2.43. The number of aliphatic carboxylic acids is 1. The van der Waals surface area contributed by atoms with Gasteiger partial charge in [0.1, 0.15) is 11.6 Å². The first-order chi connectivity index (χ1) is 9.56. The Morgan fingerprint density at radius 3 is 2.55 bits per heavy atom. The Hall–Kier alpha value is -2.69. The van der Waals surface area contributed by atoms with E-state index in [0.717, 1.165) is 18.2 Å². The van der Waals surface area contributed by atoms with Crippen LogP contribution in [0.2, 0.25) is 0 Å². The zero-order valence-corrected chi connectivity index (χ0v) is 10.2. The van der Waals surface area contributed by atoms with Gasteiger partial charge in [0.2, 0.25) is 0 Å². The maximum Gasteiger partial charge on any atom is 0.328 e. The minimum atomic E-state index is -1.17. The van der Waals surface area contributed by atoms with E-state index in [0.29, 0.717) is 0 Å². The van der Waals surface area contributed by atoms with Gasteiger partial charge in [-0.1, -0.05) is 12.1 Å². The number of carbonyl (C=O) groups is 1. The minimum Gasteiger partial charge on any atom is -0.478 e. The molecule has 0 atom stereocenters. The molecular weight excluding hydrogens is 266 g/mol. The van der Waals surface area contributed by atoms with Gasteiger partial charge in [-0.25, -0.2) is 13.6 Å². The van der Waals surface area contributed by atoms with Crippen LogP contribution < -0.4 is 4.74 Å². The molecule has 0 aliphatic rings. The molecule has 2 rings (SSSR count). The highest BCUT2D eigenvalue weighted by Crippen LogP contribution is 2.28. The van der Waals surface area contributed by atoms with Gasteiger partial charge in [0.05, 0.1) is 0 Å². The molecule has 2 aromatic carbocycles. The molecule has 0 heterocycles. The van der Waals surface area contributed by atoms with E-state index in [1.807, 2.05) is 0 Å². The van der Waals surface area contributed by atoms with Crippen LogP contribution in [-0.2, 0) is 4.79 Å². The smallest absolute Gasteiger partial charge is 0.328 e. The average Bonchev–Trinajstić information content (AvgIpc) is 2.41. The summed E-state index contributed by atoms with van der Waals surface area (Å²) in [6, 6.07) is 9.31. The molecule has 0 aliphatic carbocycles. The fourth-order valence-corrected chi connectivity index (χ4v) is 1.55. The van der Waals surface area contributed by atoms with E-state index in [9.17, 15) is 13.6 Å². The van der Waals surface area contributed by atoms with E-state index < -0.39 is 17.6 Å². The predicted molar refractivity (Wildman–Crippen MR) is 69.5 cm³/mol. The highest BCUT2D eigenvalue weighted by atomic mass is 19.1. The molecule has 0 saturated heterocycles. The van der Waals surface area contributed by atoms with Crippen molar-refractivity contribution in [3.8, 4) is 11.5 Å². The van der Waals surface area contributed by atoms with Crippen LogP contribution in [-0.4, -0.2) is 11.1 Å². The van der Waals surface area contributed by atoms with Gasteiger partial charge in [-0.3, -0.25) is 0 Å². The summed E-state index contributed by atoms with van der Waals surface area (Å²) in [6.45, 7) is 0. The van der Waals surface area contributed by atoms with Crippen LogP contribution in [0.25, 0.3) is 6.08 Å². The number of carboxylic acids is 1. The lowest BCUT2D eigenvalue weighted by molar-refractivity contribution is -0.131. The Morgan fingerprint density at radius 1 is 1.10 bits per heavy atom. The van der Waals surface area contributed by atoms with Crippen LogP contribution in [0.15, 0.2) is 48.5 Å². The lowest BCUT2D eigenvalue weighted by atomic mass is 10.2. The maximum atomic E-state index is 13.5. The molecule has 0 unspecified atom stereocenters. The summed E-state index contributed by atoms with van der Waals surface area (Å²) in [5.74, 6) is -2.15. The van der Waals surface area contributed by atoms with Crippen LogP contribution in [0.4, 0.5) is 8.78 Å². The second-order valence-corrected chi connectivity index (χ2v) is 3.89. The quantitative estimate of drug-likeness (QED) is 0.863. The van der Waals surface area contributed by atoms with Crippen molar-refractivity contribution in [1.29, 1.82) is 0 Å². The molecule has 0 amide bonds. The Morgan fingerprint density at radius 2 is 1.85 bits per heavy atom. The van der Waals surface area contributed by atoms with Crippen LogP contribution >= 0.6 is 0 Å². The number of hydrogen-bond donors (Lipinski definition) is 1. The summed E-state index contributed by atoms with van der Waals surface area (Å²) in [6.07, 6.45) is 2.03. The monoisotopic (exact) mass is 276 g/mol. The summed E-state index contributed by atoms with van der Waals surface area (Å²) in [7, 11) is 0. The molecule has 2 aromatic rings. The number of ether oxygens (including phenoxy) is 1. The van der Waals surface area contributed by atoms with Crippen molar-refractivity contribution >= 4 is 12.0 Å². The molecule has 102 valence electrons. The van der Waals surface area contributed by atoms with Gasteiger partial charge in [0.15, 0.2) is 11.6 Å². The second-order valence-electron chi connectivity index (χ2n) is 3.89. The normalized spacial score (nSPS) is 10.7. The first-order valence-corrected chi connectivity index (χ1v) is 5.69. The van der Waals surface area contributed by atoms with Gasteiger partial charge < -0.3 is 9.84 Å². The largest absolute Gasteiger partial charge is 0.478 e. The van der Waals surface area contributed by atoms with Gasteiger partial charge in [0, 0.05) is 11.6 Å². The molecule has 0 bridgehead atoms. The van der Waals surface area contributed by atoms with Crippen molar-refractivity contribution in [2.24, 2.45) is 0 Å². The van der Waals surface area contributed by atoms with Gasteiger partial charge in [0.25, 0.3) is 0 Å². The summed E-state index contributed by atoms with van der Waals surface area (Å²) in [5, 5.41) is 8.59. The highest BCUT2D eigenvalue weighted by molar-refractivity contribution is 5.85. The molecule has 5 heteroatoms.